The zero-order valence-corrected chi connectivity index (χ0v) is 10.5. The first-order valence-corrected chi connectivity index (χ1v) is 6.22. The van der Waals surface area contributed by atoms with E-state index in [1.54, 1.807) is 0 Å². The molecule has 0 saturated heterocycles. The normalized spacial score (nSPS) is 24.9. The molecule has 0 atom stereocenters. The van der Waals surface area contributed by atoms with E-state index in [1.807, 2.05) is 6.92 Å². The van der Waals surface area contributed by atoms with Gasteiger partial charge in [0, 0.05) is 10.5 Å². The summed E-state index contributed by atoms with van der Waals surface area (Å²) in [4.78, 5) is 5.19. The van der Waals surface area contributed by atoms with Gasteiger partial charge in [0.05, 0.1) is 6.61 Å². The number of hydrogen-bond donors (Lipinski definition) is 1. The molecular formula is C12H16BrNO. The Bertz CT molecular complexity index is 323. The molecule has 0 heterocycles. The van der Waals surface area contributed by atoms with Crippen LogP contribution in [0.25, 0.3) is 0 Å². The van der Waals surface area contributed by atoms with Crippen LogP contribution < -0.4 is 5.48 Å². The molecule has 1 fully saturated rings. The lowest BCUT2D eigenvalue weighted by Gasteiger charge is -2.36. The van der Waals surface area contributed by atoms with Gasteiger partial charge in [0.15, 0.2) is 0 Å². The Morgan fingerprint density at radius 3 is 2.80 bits per heavy atom. The lowest BCUT2D eigenvalue weighted by molar-refractivity contribution is -0.00163. The predicted octanol–water partition coefficient (Wildman–Crippen LogP) is 3.24. The van der Waals surface area contributed by atoms with Crippen LogP contribution in [0.1, 0.15) is 31.2 Å². The summed E-state index contributed by atoms with van der Waals surface area (Å²) >= 11 is 3.59. The topological polar surface area (TPSA) is 21.3 Å². The highest BCUT2D eigenvalue weighted by atomic mass is 79.9. The van der Waals surface area contributed by atoms with Crippen LogP contribution in [-0.4, -0.2) is 12.6 Å². The first-order chi connectivity index (χ1) is 7.31. The standard InChI is InChI=1S/C12H16BrNO/c1-2-15-14-10-7-9(8-10)11-5-3-4-6-12(11)13/h3-6,9-10,14H,2,7-8H2,1H3. The molecule has 82 valence electrons. The summed E-state index contributed by atoms with van der Waals surface area (Å²) in [5.74, 6) is 0.679. The molecule has 0 spiro atoms. The Balaban J connectivity index is 1.87. The Hall–Kier alpha value is -0.380. The van der Waals surface area contributed by atoms with Crippen molar-refractivity contribution in [3.63, 3.8) is 0 Å². The smallest absolute Gasteiger partial charge is 0.0654 e. The SMILES string of the molecule is CCONC1CC(c2ccccc2Br)C1. The minimum atomic E-state index is 0.530. The van der Waals surface area contributed by atoms with E-state index in [4.69, 9.17) is 4.84 Å². The van der Waals surface area contributed by atoms with Gasteiger partial charge in [-0.2, -0.15) is 5.48 Å². The molecule has 1 aromatic rings. The highest BCUT2D eigenvalue weighted by Gasteiger charge is 2.31. The average molecular weight is 270 g/mol. The van der Waals surface area contributed by atoms with Crippen molar-refractivity contribution in [3.05, 3.63) is 34.3 Å². The second-order valence-corrected chi connectivity index (χ2v) is 4.79. The van der Waals surface area contributed by atoms with E-state index in [1.165, 1.54) is 22.9 Å². The summed E-state index contributed by atoms with van der Waals surface area (Å²) in [7, 11) is 0. The van der Waals surface area contributed by atoms with E-state index in [0.29, 0.717) is 12.0 Å². The molecule has 1 N–H and O–H groups in total. The van der Waals surface area contributed by atoms with Gasteiger partial charge in [0.25, 0.3) is 0 Å². The van der Waals surface area contributed by atoms with Crippen LogP contribution in [0.2, 0.25) is 0 Å². The van der Waals surface area contributed by atoms with Crippen molar-refractivity contribution >= 4 is 15.9 Å². The fraction of sp³-hybridized carbons (Fsp3) is 0.500. The number of halogens is 1. The van der Waals surface area contributed by atoms with Gasteiger partial charge in [-0.25, -0.2) is 0 Å². The first-order valence-electron chi connectivity index (χ1n) is 5.43. The average Bonchev–Trinajstić information content (AvgIpc) is 2.18. The van der Waals surface area contributed by atoms with Gasteiger partial charge in [-0.1, -0.05) is 34.1 Å². The third-order valence-electron chi connectivity index (χ3n) is 2.88. The molecule has 0 aromatic heterocycles. The van der Waals surface area contributed by atoms with Crippen molar-refractivity contribution in [3.8, 4) is 0 Å². The molecule has 0 unspecified atom stereocenters. The summed E-state index contributed by atoms with van der Waals surface area (Å²) in [5.41, 5.74) is 4.50. The van der Waals surface area contributed by atoms with Crippen LogP contribution in [0.5, 0.6) is 0 Å². The fourth-order valence-corrected chi connectivity index (χ4v) is 2.58. The monoisotopic (exact) mass is 269 g/mol. The molecule has 1 aliphatic carbocycles. The second kappa shape index (κ2) is 5.10. The van der Waals surface area contributed by atoms with Crippen molar-refractivity contribution in [1.29, 1.82) is 0 Å². The zero-order valence-electron chi connectivity index (χ0n) is 8.87. The van der Waals surface area contributed by atoms with Crippen LogP contribution in [0.3, 0.4) is 0 Å². The van der Waals surface area contributed by atoms with Crippen molar-refractivity contribution in [1.82, 2.24) is 5.48 Å². The number of benzene rings is 1. The van der Waals surface area contributed by atoms with Crippen molar-refractivity contribution < 1.29 is 4.84 Å². The highest BCUT2D eigenvalue weighted by molar-refractivity contribution is 9.10. The molecule has 0 aliphatic heterocycles. The van der Waals surface area contributed by atoms with Crippen LogP contribution in [0, 0.1) is 0 Å². The summed E-state index contributed by atoms with van der Waals surface area (Å²) in [6.07, 6.45) is 2.34. The number of nitrogens with one attached hydrogen (secondary N) is 1. The van der Waals surface area contributed by atoms with E-state index in [9.17, 15) is 0 Å². The van der Waals surface area contributed by atoms with E-state index < -0.39 is 0 Å². The van der Waals surface area contributed by atoms with Crippen molar-refractivity contribution in [2.45, 2.75) is 31.7 Å². The van der Waals surface area contributed by atoms with Gasteiger partial charge in [0.2, 0.25) is 0 Å². The van der Waals surface area contributed by atoms with E-state index in [2.05, 4.69) is 45.7 Å². The van der Waals surface area contributed by atoms with E-state index >= 15 is 0 Å². The zero-order chi connectivity index (χ0) is 10.7. The van der Waals surface area contributed by atoms with Crippen molar-refractivity contribution in [2.75, 3.05) is 6.61 Å². The summed E-state index contributed by atoms with van der Waals surface area (Å²) in [6.45, 7) is 2.73. The number of rotatable bonds is 4. The largest absolute Gasteiger partial charge is 0.302 e. The Kier molecular flexibility index (Phi) is 3.78. The van der Waals surface area contributed by atoms with Gasteiger partial charge in [-0.05, 0) is 37.3 Å². The van der Waals surface area contributed by atoms with Gasteiger partial charge in [0.1, 0.15) is 0 Å². The first kappa shape index (κ1) is 11.1. The molecule has 2 nitrogen and oxygen atoms in total. The summed E-state index contributed by atoms with van der Waals surface area (Å²) in [6, 6.07) is 9.00. The van der Waals surface area contributed by atoms with Crippen molar-refractivity contribution in [2.24, 2.45) is 0 Å². The highest BCUT2D eigenvalue weighted by Crippen LogP contribution is 2.39. The van der Waals surface area contributed by atoms with E-state index in [-0.39, 0.29) is 0 Å². The number of hydrogen-bond acceptors (Lipinski definition) is 2. The molecule has 15 heavy (non-hydrogen) atoms. The predicted molar refractivity (Wildman–Crippen MR) is 64.7 cm³/mol. The van der Waals surface area contributed by atoms with Crippen LogP contribution in [0.15, 0.2) is 28.7 Å². The molecule has 0 radical (unpaired) electrons. The maximum atomic E-state index is 5.19. The molecule has 1 saturated carbocycles. The lowest BCUT2D eigenvalue weighted by atomic mass is 9.76. The van der Waals surface area contributed by atoms with E-state index in [0.717, 1.165) is 6.61 Å². The van der Waals surface area contributed by atoms with Gasteiger partial charge < -0.3 is 4.84 Å². The lowest BCUT2D eigenvalue weighted by Crippen LogP contribution is -2.40. The number of hydroxylamine groups is 1. The van der Waals surface area contributed by atoms with Crippen LogP contribution in [0.4, 0.5) is 0 Å². The third kappa shape index (κ3) is 2.60. The summed E-state index contributed by atoms with van der Waals surface area (Å²) in [5, 5.41) is 0. The minimum Gasteiger partial charge on any atom is -0.302 e. The fourth-order valence-electron chi connectivity index (χ4n) is 1.98. The van der Waals surface area contributed by atoms with Gasteiger partial charge in [-0.3, -0.25) is 0 Å². The van der Waals surface area contributed by atoms with Crippen LogP contribution >= 0.6 is 15.9 Å². The Morgan fingerprint density at radius 1 is 1.40 bits per heavy atom. The molecule has 0 amide bonds. The minimum absolute atomic E-state index is 0.530. The molecule has 2 rings (SSSR count). The Labute approximate surface area is 99.1 Å². The molecule has 3 heteroatoms. The maximum Gasteiger partial charge on any atom is 0.0654 e. The van der Waals surface area contributed by atoms with Gasteiger partial charge >= 0.3 is 0 Å². The molecule has 0 bridgehead atoms. The molecule has 1 aromatic carbocycles. The van der Waals surface area contributed by atoms with Gasteiger partial charge in [-0.15, -0.1) is 0 Å². The third-order valence-corrected chi connectivity index (χ3v) is 3.60. The Morgan fingerprint density at radius 2 is 2.13 bits per heavy atom. The molecule has 1 aliphatic rings. The van der Waals surface area contributed by atoms with Crippen LogP contribution in [-0.2, 0) is 4.84 Å². The second-order valence-electron chi connectivity index (χ2n) is 3.94. The quantitative estimate of drug-likeness (QED) is 0.848. The molecular weight excluding hydrogens is 254 g/mol. The summed E-state index contributed by atoms with van der Waals surface area (Å²) < 4.78 is 1.23. The maximum absolute atomic E-state index is 5.19.